The zero-order chi connectivity index (χ0) is 16.9. The highest BCUT2D eigenvalue weighted by atomic mass is 16.5. The number of hydrazone groups is 1. The number of hydrogen-bond acceptors (Lipinski definition) is 5. The van der Waals surface area contributed by atoms with Crippen LogP contribution in [0.3, 0.4) is 0 Å². The number of methoxy groups -OCH3 is 3. The van der Waals surface area contributed by atoms with Crippen molar-refractivity contribution < 1.29 is 14.2 Å². The van der Waals surface area contributed by atoms with Gasteiger partial charge in [0.05, 0.1) is 39.1 Å². The summed E-state index contributed by atoms with van der Waals surface area (Å²) in [6.45, 7) is 1.65. The zero-order valence-electron chi connectivity index (χ0n) is 14.3. The largest absolute Gasteiger partial charge is 0.497 e. The molecule has 24 heavy (non-hydrogen) atoms. The Hall–Kier alpha value is -2.69. The highest BCUT2D eigenvalue weighted by Gasteiger charge is 2.22. The van der Waals surface area contributed by atoms with Crippen molar-refractivity contribution in [1.29, 1.82) is 0 Å². The lowest BCUT2D eigenvalue weighted by Crippen LogP contribution is -2.13. The van der Waals surface area contributed by atoms with Gasteiger partial charge in [-0.25, -0.2) is 0 Å². The van der Waals surface area contributed by atoms with Gasteiger partial charge in [0, 0.05) is 13.0 Å². The van der Waals surface area contributed by atoms with Gasteiger partial charge in [-0.05, 0) is 29.8 Å². The standard InChI is InChI=1S/C19H22N2O3/c1-22-15-9-7-14(8-10-15)13-21-12-11-16(20-21)19-17(23-2)5-4-6-18(19)24-3/h4-10H,11-13H2,1-3H3. The number of hydrogen-bond donors (Lipinski definition) is 0. The van der Waals surface area contributed by atoms with E-state index in [1.165, 1.54) is 5.56 Å². The van der Waals surface area contributed by atoms with Crippen molar-refractivity contribution in [2.45, 2.75) is 13.0 Å². The molecule has 0 aliphatic carbocycles. The Bertz CT molecular complexity index is 704. The molecule has 5 heteroatoms. The van der Waals surface area contributed by atoms with Gasteiger partial charge in [-0.2, -0.15) is 5.10 Å². The first-order valence-corrected chi connectivity index (χ1v) is 7.92. The van der Waals surface area contributed by atoms with Gasteiger partial charge in [0.25, 0.3) is 0 Å². The molecule has 0 radical (unpaired) electrons. The lowest BCUT2D eigenvalue weighted by atomic mass is 10.1. The highest BCUT2D eigenvalue weighted by Crippen LogP contribution is 2.32. The smallest absolute Gasteiger partial charge is 0.131 e. The molecule has 2 aromatic carbocycles. The lowest BCUT2D eigenvalue weighted by Gasteiger charge is -2.14. The van der Waals surface area contributed by atoms with Crippen LogP contribution in [0.2, 0.25) is 0 Å². The molecule has 1 aliphatic heterocycles. The van der Waals surface area contributed by atoms with Crippen molar-refractivity contribution in [2.24, 2.45) is 5.10 Å². The topological polar surface area (TPSA) is 43.3 Å². The number of rotatable bonds is 6. The van der Waals surface area contributed by atoms with Gasteiger partial charge in [-0.1, -0.05) is 18.2 Å². The molecule has 126 valence electrons. The van der Waals surface area contributed by atoms with E-state index in [1.54, 1.807) is 21.3 Å². The van der Waals surface area contributed by atoms with E-state index in [-0.39, 0.29) is 0 Å². The van der Waals surface area contributed by atoms with E-state index in [2.05, 4.69) is 17.1 Å². The summed E-state index contributed by atoms with van der Waals surface area (Å²) < 4.78 is 16.2. The van der Waals surface area contributed by atoms with Crippen LogP contribution in [-0.2, 0) is 6.54 Å². The average molecular weight is 326 g/mol. The Balaban J connectivity index is 1.80. The molecule has 3 rings (SSSR count). The molecule has 5 nitrogen and oxygen atoms in total. The Morgan fingerprint density at radius 3 is 2.17 bits per heavy atom. The second-order valence-electron chi connectivity index (χ2n) is 5.57. The van der Waals surface area contributed by atoms with Crippen LogP contribution in [0.15, 0.2) is 47.6 Å². The molecule has 0 bridgehead atoms. The molecule has 2 aromatic rings. The SMILES string of the molecule is COc1ccc(CN2CCC(c3c(OC)cccc3OC)=N2)cc1. The zero-order valence-corrected chi connectivity index (χ0v) is 14.3. The summed E-state index contributed by atoms with van der Waals surface area (Å²) in [4.78, 5) is 0. The van der Waals surface area contributed by atoms with Gasteiger partial charge in [0.15, 0.2) is 0 Å². The molecule has 0 aromatic heterocycles. The molecule has 0 saturated carbocycles. The van der Waals surface area contributed by atoms with Crippen molar-refractivity contribution in [2.75, 3.05) is 27.9 Å². The molecule has 0 atom stereocenters. The molecule has 0 saturated heterocycles. The fraction of sp³-hybridized carbons (Fsp3) is 0.316. The summed E-state index contributed by atoms with van der Waals surface area (Å²) in [5.41, 5.74) is 3.14. The predicted octanol–water partition coefficient (Wildman–Crippen LogP) is 3.32. The van der Waals surface area contributed by atoms with Crippen LogP contribution in [0.25, 0.3) is 0 Å². The minimum absolute atomic E-state index is 0.769. The first-order valence-electron chi connectivity index (χ1n) is 7.92. The third kappa shape index (κ3) is 3.30. The summed E-state index contributed by atoms with van der Waals surface area (Å²) in [5, 5.41) is 6.84. The first kappa shape index (κ1) is 16.2. The molecule has 0 unspecified atom stereocenters. The van der Waals surface area contributed by atoms with E-state index >= 15 is 0 Å². The van der Waals surface area contributed by atoms with Crippen LogP contribution in [0.5, 0.6) is 17.2 Å². The summed E-state index contributed by atoms with van der Waals surface area (Å²) in [6.07, 6.45) is 0.868. The number of ether oxygens (including phenoxy) is 3. The normalized spacial score (nSPS) is 13.6. The van der Waals surface area contributed by atoms with Crippen LogP contribution < -0.4 is 14.2 Å². The first-order chi connectivity index (χ1) is 11.7. The molecule has 1 aliphatic rings. The fourth-order valence-electron chi connectivity index (χ4n) is 2.87. The van der Waals surface area contributed by atoms with E-state index in [0.717, 1.165) is 48.0 Å². The summed E-state index contributed by atoms with van der Waals surface area (Å²) in [5.74, 6) is 2.45. The van der Waals surface area contributed by atoms with Crippen LogP contribution in [0.1, 0.15) is 17.5 Å². The number of benzene rings is 2. The highest BCUT2D eigenvalue weighted by molar-refractivity contribution is 6.05. The van der Waals surface area contributed by atoms with Crippen LogP contribution in [0.4, 0.5) is 0 Å². The molecule has 0 fully saturated rings. The van der Waals surface area contributed by atoms with Gasteiger partial charge in [-0.15, -0.1) is 0 Å². The van der Waals surface area contributed by atoms with Crippen molar-refractivity contribution in [3.8, 4) is 17.2 Å². The quantitative estimate of drug-likeness (QED) is 0.817. The van der Waals surface area contributed by atoms with E-state index in [9.17, 15) is 0 Å². The van der Waals surface area contributed by atoms with Crippen molar-refractivity contribution in [3.63, 3.8) is 0 Å². The van der Waals surface area contributed by atoms with Gasteiger partial charge in [-0.3, -0.25) is 5.01 Å². The third-order valence-electron chi connectivity index (χ3n) is 4.11. The van der Waals surface area contributed by atoms with E-state index in [0.29, 0.717) is 0 Å². The Morgan fingerprint density at radius 2 is 1.58 bits per heavy atom. The van der Waals surface area contributed by atoms with E-state index in [1.807, 2.05) is 30.3 Å². The maximum atomic E-state index is 5.49. The van der Waals surface area contributed by atoms with Crippen LogP contribution in [-0.4, -0.2) is 38.6 Å². The van der Waals surface area contributed by atoms with Gasteiger partial charge >= 0.3 is 0 Å². The molecular formula is C19H22N2O3. The second-order valence-corrected chi connectivity index (χ2v) is 5.57. The summed E-state index contributed by atoms with van der Waals surface area (Å²) in [6, 6.07) is 13.9. The van der Waals surface area contributed by atoms with Crippen molar-refractivity contribution >= 4 is 5.71 Å². The van der Waals surface area contributed by atoms with Crippen LogP contribution in [0, 0.1) is 0 Å². The number of nitrogens with zero attached hydrogens (tertiary/aromatic N) is 2. The van der Waals surface area contributed by atoms with Gasteiger partial charge in [0.2, 0.25) is 0 Å². The van der Waals surface area contributed by atoms with Crippen molar-refractivity contribution in [1.82, 2.24) is 5.01 Å². The average Bonchev–Trinajstić information content (AvgIpc) is 3.09. The Morgan fingerprint density at radius 1 is 0.917 bits per heavy atom. The predicted molar refractivity (Wildman–Crippen MR) is 94.1 cm³/mol. The Kier molecular flexibility index (Phi) is 4.89. The Labute approximate surface area is 142 Å². The molecule has 1 heterocycles. The van der Waals surface area contributed by atoms with Gasteiger partial charge in [0.1, 0.15) is 17.2 Å². The van der Waals surface area contributed by atoms with Crippen LogP contribution >= 0.6 is 0 Å². The maximum absolute atomic E-state index is 5.49. The summed E-state index contributed by atoms with van der Waals surface area (Å²) in [7, 11) is 5.01. The van der Waals surface area contributed by atoms with Crippen molar-refractivity contribution in [3.05, 3.63) is 53.6 Å². The summed E-state index contributed by atoms with van der Waals surface area (Å²) >= 11 is 0. The van der Waals surface area contributed by atoms with E-state index < -0.39 is 0 Å². The molecule has 0 N–H and O–H groups in total. The molecular weight excluding hydrogens is 304 g/mol. The molecule has 0 spiro atoms. The molecule has 0 amide bonds. The third-order valence-corrected chi connectivity index (χ3v) is 4.11. The minimum atomic E-state index is 0.769. The monoisotopic (exact) mass is 326 g/mol. The lowest BCUT2D eigenvalue weighted by molar-refractivity contribution is 0.310. The van der Waals surface area contributed by atoms with Gasteiger partial charge < -0.3 is 14.2 Å². The second kappa shape index (κ2) is 7.25. The van der Waals surface area contributed by atoms with E-state index in [4.69, 9.17) is 19.3 Å². The fourth-order valence-corrected chi connectivity index (χ4v) is 2.87. The maximum Gasteiger partial charge on any atom is 0.131 e. The minimum Gasteiger partial charge on any atom is -0.497 e.